The van der Waals surface area contributed by atoms with Crippen LogP contribution in [-0.2, 0) is 0 Å². The van der Waals surface area contributed by atoms with Crippen LogP contribution in [-0.4, -0.2) is 25.8 Å². The molecule has 3 N–H and O–H groups in total. The Morgan fingerprint density at radius 2 is 2.04 bits per heavy atom. The maximum absolute atomic E-state index is 13.1. The van der Waals surface area contributed by atoms with E-state index in [0.717, 1.165) is 6.42 Å². The number of aliphatic imine (C=N–C) groups is 1. The third-order valence-electron chi connectivity index (χ3n) is 4.25. The predicted molar refractivity (Wildman–Crippen MR) is 105 cm³/mol. The summed E-state index contributed by atoms with van der Waals surface area (Å²) < 4.78 is 44.2. The molecule has 4 nitrogen and oxygen atoms in total. The van der Waals surface area contributed by atoms with Crippen LogP contribution in [0.25, 0.3) is 0 Å². The molecule has 0 saturated heterocycles. The van der Waals surface area contributed by atoms with Crippen molar-refractivity contribution in [2.45, 2.75) is 31.9 Å². The largest absolute Gasteiger partial charge is 0.495 e. The first-order chi connectivity index (χ1) is 11.3. The van der Waals surface area contributed by atoms with Crippen LogP contribution in [0.4, 0.5) is 18.9 Å². The van der Waals surface area contributed by atoms with Crippen LogP contribution in [0.5, 0.6) is 5.75 Å². The van der Waals surface area contributed by atoms with E-state index in [2.05, 4.69) is 10.3 Å². The number of nitrogens with two attached hydrogens (primary N) is 1. The normalized spacial score (nSPS) is 21.4. The highest BCUT2D eigenvalue weighted by molar-refractivity contribution is 14.0. The van der Waals surface area contributed by atoms with Gasteiger partial charge in [-0.2, -0.15) is 13.2 Å². The van der Waals surface area contributed by atoms with Gasteiger partial charge >= 0.3 is 6.18 Å². The standard InChI is InChI=1S/C16H21ClF3N3O.HI/c1-24-14-7-6-11(8-13(14)17)23-15(21)22-9-10-4-2-3-5-12(10)16(18,19)20;/h6-8,10,12H,2-5,9H2,1H3,(H3,21,22,23);1H. The molecule has 1 aliphatic rings. The minimum absolute atomic E-state index is 0. The lowest BCUT2D eigenvalue weighted by Crippen LogP contribution is -2.35. The Morgan fingerprint density at radius 3 is 2.64 bits per heavy atom. The van der Waals surface area contributed by atoms with Crippen molar-refractivity contribution in [3.05, 3.63) is 23.2 Å². The third-order valence-corrected chi connectivity index (χ3v) is 4.55. The first-order valence-electron chi connectivity index (χ1n) is 7.78. The Morgan fingerprint density at radius 1 is 1.36 bits per heavy atom. The van der Waals surface area contributed by atoms with Crippen LogP contribution < -0.4 is 15.8 Å². The van der Waals surface area contributed by atoms with Crippen molar-refractivity contribution in [2.75, 3.05) is 19.0 Å². The third kappa shape index (κ3) is 6.40. The summed E-state index contributed by atoms with van der Waals surface area (Å²) in [6.45, 7) is 0.0624. The number of halogens is 5. The fraction of sp³-hybridized carbons (Fsp3) is 0.562. The van der Waals surface area contributed by atoms with E-state index in [4.69, 9.17) is 22.1 Å². The smallest absolute Gasteiger partial charge is 0.392 e. The second-order valence-electron chi connectivity index (χ2n) is 5.89. The van der Waals surface area contributed by atoms with Gasteiger partial charge in [0, 0.05) is 12.2 Å². The van der Waals surface area contributed by atoms with Crippen molar-refractivity contribution in [3.63, 3.8) is 0 Å². The van der Waals surface area contributed by atoms with Crippen molar-refractivity contribution in [1.82, 2.24) is 0 Å². The highest BCUT2D eigenvalue weighted by Crippen LogP contribution is 2.41. The lowest BCUT2D eigenvalue weighted by Gasteiger charge is -2.32. The van der Waals surface area contributed by atoms with Gasteiger partial charge in [-0.25, -0.2) is 0 Å². The van der Waals surface area contributed by atoms with Gasteiger partial charge in [-0.3, -0.25) is 4.99 Å². The van der Waals surface area contributed by atoms with Crippen molar-refractivity contribution in [3.8, 4) is 5.75 Å². The lowest BCUT2D eigenvalue weighted by molar-refractivity contribution is -0.195. The number of nitrogens with zero attached hydrogens (tertiary/aromatic N) is 1. The minimum atomic E-state index is -4.17. The number of benzene rings is 1. The molecule has 0 aromatic heterocycles. The number of alkyl halides is 3. The number of anilines is 1. The van der Waals surface area contributed by atoms with Gasteiger partial charge in [0.1, 0.15) is 5.75 Å². The second kappa shape index (κ2) is 9.70. The molecule has 0 aliphatic heterocycles. The zero-order valence-electron chi connectivity index (χ0n) is 13.8. The fourth-order valence-electron chi connectivity index (χ4n) is 3.00. The van der Waals surface area contributed by atoms with Crippen molar-refractivity contribution in [1.29, 1.82) is 0 Å². The van der Waals surface area contributed by atoms with Gasteiger partial charge in [0.05, 0.1) is 18.1 Å². The lowest BCUT2D eigenvalue weighted by atomic mass is 9.79. The van der Waals surface area contributed by atoms with Crippen LogP contribution in [0.1, 0.15) is 25.7 Å². The van der Waals surface area contributed by atoms with E-state index >= 15 is 0 Å². The number of nitrogens with one attached hydrogen (secondary N) is 1. The van der Waals surface area contributed by atoms with Gasteiger partial charge in [0.15, 0.2) is 5.96 Å². The molecule has 9 heteroatoms. The number of hydrogen-bond donors (Lipinski definition) is 2. The molecule has 1 saturated carbocycles. The van der Waals surface area contributed by atoms with Crippen LogP contribution in [0.15, 0.2) is 23.2 Å². The van der Waals surface area contributed by atoms with E-state index in [9.17, 15) is 13.2 Å². The Kier molecular flexibility index (Phi) is 8.59. The number of hydrogen-bond acceptors (Lipinski definition) is 2. The monoisotopic (exact) mass is 491 g/mol. The molecule has 2 atom stereocenters. The van der Waals surface area contributed by atoms with Crippen LogP contribution in [0.2, 0.25) is 5.02 Å². The maximum atomic E-state index is 13.1. The summed E-state index contributed by atoms with van der Waals surface area (Å²) in [5.74, 6) is -1.22. The summed E-state index contributed by atoms with van der Waals surface area (Å²) in [6.07, 6.45) is -2.07. The molecule has 0 amide bonds. The van der Waals surface area contributed by atoms with Gasteiger partial charge < -0.3 is 15.8 Å². The maximum Gasteiger partial charge on any atom is 0.392 e. The molecule has 1 fully saturated rings. The van der Waals surface area contributed by atoms with Gasteiger partial charge in [-0.05, 0) is 37.0 Å². The van der Waals surface area contributed by atoms with Gasteiger partial charge in [-0.15, -0.1) is 24.0 Å². The zero-order valence-corrected chi connectivity index (χ0v) is 16.9. The molecule has 0 heterocycles. The number of rotatable bonds is 4. The molecular weight excluding hydrogens is 470 g/mol. The molecule has 2 rings (SSSR count). The summed E-state index contributed by atoms with van der Waals surface area (Å²) in [5, 5.41) is 3.24. The second-order valence-corrected chi connectivity index (χ2v) is 6.30. The molecule has 2 unspecified atom stereocenters. The average molecular weight is 492 g/mol. The minimum Gasteiger partial charge on any atom is -0.495 e. The Labute approximate surface area is 167 Å². The van der Waals surface area contributed by atoms with E-state index in [-0.39, 0.29) is 42.9 Å². The van der Waals surface area contributed by atoms with E-state index in [0.29, 0.717) is 29.3 Å². The summed E-state index contributed by atoms with van der Waals surface area (Å²) in [5.41, 5.74) is 6.38. The van der Waals surface area contributed by atoms with E-state index < -0.39 is 18.0 Å². The first kappa shape index (κ1) is 22.1. The summed E-state index contributed by atoms with van der Waals surface area (Å²) in [6, 6.07) is 4.98. The predicted octanol–water partition coefficient (Wildman–Crippen LogP) is 5.06. The molecule has 1 aliphatic carbocycles. The molecule has 25 heavy (non-hydrogen) atoms. The first-order valence-corrected chi connectivity index (χ1v) is 8.16. The molecule has 0 bridgehead atoms. The molecular formula is C16H22ClF3IN3O. The summed E-state index contributed by atoms with van der Waals surface area (Å²) >= 11 is 6.01. The zero-order chi connectivity index (χ0) is 17.7. The molecule has 0 radical (unpaired) electrons. The highest BCUT2D eigenvalue weighted by Gasteiger charge is 2.45. The summed E-state index contributed by atoms with van der Waals surface area (Å²) in [7, 11) is 1.51. The Balaban J connectivity index is 0.00000312. The Bertz CT molecular complexity index is 598. The summed E-state index contributed by atoms with van der Waals surface area (Å²) in [4.78, 5) is 4.09. The van der Waals surface area contributed by atoms with Crippen LogP contribution >= 0.6 is 35.6 Å². The van der Waals surface area contributed by atoms with Gasteiger partial charge in [0.25, 0.3) is 0 Å². The van der Waals surface area contributed by atoms with E-state index in [1.165, 1.54) is 7.11 Å². The number of guanidine groups is 1. The van der Waals surface area contributed by atoms with E-state index in [1.54, 1.807) is 18.2 Å². The molecule has 0 spiro atoms. The Hall–Kier alpha value is -0.900. The van der Waals surface area contributed by atoms with Crippen molar-refractivity contribution < 1.29 is 17.9 Å². The van der Waals surface area contributed by atoms with Crippen molar-refractivity contribution >= 4 is 47.2 Å². The van der Waals surface area contributed by atoms with Crippen molar-refractivity contribution in [2.24, 2.45) is 22.6 Å². The quantitative estimate of drug-likeness (QED) is 0.352. The van der Waals surface area contributed by atoms with Gasteiger partial charge in [-0.1, -0.05) is 24.4 Å². The average Bonchev–Trinajstić information content (AvgIpc) is 2.52. The molecule has 1 aromatic carbocycles. The number of methoxy groups -OCH3 is 1. The van der Waals surface area contributed by atoms with Gasteiger partial charge in [0.2, 0.25) is 0 Å². The van der Waals surface area contributed by atoms with E-state index in [1.807, 2.05) is 0 Å². The number of ether oxygens (including phenoxy) is 1. The van der Waals surface area contributed by atoms with Crippen LogP contribution in [0.3, 0.4) is 0 Å². The SMILES string of the molecule is COc1ccc(NC(N)=NCC2CCCCC2C(F)(F)F)cc1Cl.I. The fourth-order valence-corrected chi connectivity index (χ4v) is 3.26. The molecule has 142 valence electrons. The topological polar surface area (TPSA) is 59.6 Å². The molecule has 1 aromatic rings. The highest BCUT2D eigenvalue weighted by atomic mass is 127. The van der Waals surface area contributed by atoms with Crippen LogP contribution in [0, 0.1) is 11.8 Å².